The van der Waals surface area contributed by atoms with E-state index in [1.807, 2.05) is 38.3 Å². The maximum atomic E-state index is 10.0. The SMILES string of the molecule is CSCC(C)(O)CNc1ccc(N)cc1C. The molecule has 0 aromatic heterocycles. The van der Waals surface area contributed by atoms with Crippen LogP contribution in [0.2, 0.25) is 0 Å². The minimum absolute atomic E-state index is 0.540. The fourth-order valence-corrected chi connectivity index (χ4v) is 2.26. The van der Waals surface area contributed by atoms with Crippen molar-refractivity contribution < 1.29 is 5.11 Å². The van der Waals surface area contributed by atoms with Gasteiger partial charge in [0, 0.05) is 23.7 Å². The Morgan fingerprint density at radius 2 is 2.19 bits per heavy atom. The summed E-state index contributed by atoms with van der Waals surface area (Å²) < 4.78 is 0. The summed E-state index contributed by atoms with van der Waals surface area (Å²) in [6.07, 6.45) is 1.99. The quantitative estimate of drug-likeness (QED) is 0.690. The van der Waals surface area contributed by atoms with Crippen molar-refractivity contribution in [3.8, 4) is 0 Å². The van der Waals surface area contributed by atoms with E-state index in [2.05, 4.69) is 5.32 Å². The highest BCUT2D eigenvalue weighted by Crippen LogP contribution is 2.19. The maximum absolute atomic E-state index is 10.0. The molecule has 1 atom stereocenters. The molecule has 3 nitrogen and oxygen atoms in total. The predicted molar refractivity (Wildman–Crippen MR) is 73.1 cm³/mol. The van der Waals surface area contributed by atoms with Crippen molar-refractivity contribution >= 4 is 23.1 Å². The first kappa shape index (κ1) is 13.2. The van der Waals surface area contributed by atoms with Crippen molar-refractivity contribution in [1.82, 2.24) is 0 Å². The van der Waals surface area contributed by atoms with Crippen molar-refractivity contribution in [2.24, 2.45) is 0 Å². The summed E-state index contributed by atoms with van der Waals surface area (Å²) in [5, 5.41) is 13.3. The van der Waals surface area contributed by atoms with E-state index in [4.69, 9.17) is 5.73 Å². The Balaban J connectivity index is 2.61. The second kappa shape index (κ2) is 5.46. The van der Waals surface area contributed by atoms with Gasteiger partial charge in [-0.25, -0.2) is 0 Å². The number of benzene rings is 1. The van der Waals surface area contributed by atoms with Gasteiger partial charge in [0.2, 0.25) is 0 Å². The summed E-state index contributed by atoms with van der Waals surface area (Å²) in [5.41, 5.74) is 7.87. The Morgan fingerprint density at radius 3 is 2.75 bits per heavy atom. The number of nitrogens with one attached hydrogen (secondary N) is 1. The number of aryl methyl sites for hydroxylation is 1. The summed E-state index contributed by atoms with van der Waals surface area (Å²) in [5.74, 6) is 0.716. The highest BCUT2D eigenvalue weighted by molar-refractivity contribution is 7.98. The van der Waals surface area contributed by atoms with Crippen molar-refractivity contribution in [3.63, 3.8) is 0 Å². The van der Waals surface area contributed by atoms with Crippen molar-refractivity contribution in [2.45, 2.75) is 19.4 Å². The number of thioether (sulfide) groups is 1. The molecule has 4 heteroatoms. The molecule has 0 amide bonds. The van der Waals surface area contributed by atoms with Crippen molar-refractivity contribution in [2.75, 3.05) is 29.6 Å². The average molecular weight is 240 g/mol. The van der Waals surface area contributed by atoms with E-state index in [9.17, 15) is 5.11 Å². The van der Waals surface area contributed by atoms with Crippen LogP contribution in [0.1, 0.15) is 12.5 Å². The van der Waals surface area contributed by atoms with E-state index >= 15 is 0 Å². The van der Waals surface area contributed by atoms with E-state index < -0.39 is 5.60 Å². The normalized spacial score (nSPS) is 14.5. The van der Waals surface area contributed by atoms with Gasteiger partial charge in [-0.15, -0.1) is 0 Å². The molecule has 0 fully saturated rings. The zero-order chi connectivity index (χ0) is 12.2. The number of aliphatic hydroxyl groups is 1. The number of hydrogen-bond acceptors (Lipinski definition) is 4. The van der Waals surface area contributed by atoms with Gasteiger partial charge in [0.25, 0.3) is 0 Å². The molecule has 0 spiro atoms. The Kier molecular flexibility index (Phi) is 4.50. The van der Waals surface area contributed by atoms with Gasteiger partial charge in [-0.1, -0.05) is 0 Å². The third kappa shape index (κ3) is 3.94. The van der Waals surface area contributed by atoms with Crippen LogP contribution >= 0.6 is 11.8 Å². The molecule has 1 aromatic carbocycles. The van der Waals surface area contributed by atoms with E-state index in [1.165, 1.54) is 0 Å². The molecule has 4 N–H and O–H groups in total. The number of rotatable bonds is 5. The largest absolute Gasteiger partial charge is 0.399 e. The van der Waals surface area contributed by atoms with Gasteiger partial charge in [0.05, 0.1) is 5.60 Å². The first-order valence-electron chi connectivity index (χ1n) is 5.26. The van der Waals surface area contributed by atoms with Gasteiger partial charge < -0.3 is 16.2 Å². The van der Waals surface area contributed by atoms with Crippen LogP contribution < -0.4 is 11.1 Å². The van der Waals surface area contributed by atoms with Crippen LogP contribution in [0.5, 0.6) is 0 Å². The van der Waals surface area contributed by atoms with Gasteiger partial charge in [0.1, 0.15) is 0 Å². The standard InChI is InChI=1S/C12H20N2OS/c1-9-6-10(13)4-5-11(9)14-7-12(2,15)8-16-3/h4-6,14-15H,7-8,13H2,1-3H3. The molecule has 0 bridgehead atoms. The zero-order valence-corrected chi connectivity index (χ0v) is 10.9. The third-order valence-electron chi connectivity index (χ3n) is 2.37. The highest BCUT2D eigenvalue weighted by atomic mass is 32.2. The van der Waals surface area contributed by atoms with Crippen LogP contribution in [0.15, 0.2) is 18.2 Å². The van der Waals surface area contributed by atoms with Crippen LogP contribution in [0.3, 0.4) is 0 Å². The lowest BCUT2D eigenvalue weighted by Gasteiger charge is -2.23. The second-order valence-corrected chi connectivity index (χ2v) is 5.22. The summed E-state index contributed by atoms with van der Waals surface area (Å²) in [4.78, 5) is 0. The number of nitrogens with two attached hydrogens (primary N) is 1. The molecule has 1 unspecified atom stereocenters. The van der Waals surface area contributed by atoms with Gasteiger partial charge in [-0.3, -0.25) is 0 Å². The molecule has 0 aliphatic carbocycles. The molecule has 90 valence electrons. The first-order chi connectivity index (χ1) is 7.44. The molecule has 1 aromatic rings. The Morgan fingerprint density at radius 1 is 1.50 bits per heavy atom. The Bertz CT molecular complexity index is 353. The van der Waals surface area contributed by atoms with Crippen LogP contribution in [-0.2, 0) is 0 Å². The molecule has 16 heavy (non-hydrogen) atoms. The molecule has 1 rings (SSSR count). The molecular weight excluding hydrogens is 220 g/mol. The molecule has 0 radical (unpaired) electrons. The molecular formula is C12H20N2OS. The summed E-state index contributed by atoms with van der Waals surface area (Å²) in [6, 6.07) is 5.73. The monoisotopic (exact) mass is 240 g/mol. The minimum atomic E-state index is -0.687. The summed E-state index contributed by atoms with van der Waals surface area (Å²) in [7, 11) is 0. The van der Waals surface area contributed by atoms with E-state index in [0.717, 1.165) is 16.9 Å². The lowest BCUT2D eigenvalue weighted by Crippen LogP contribution is -2.36. The molecule has 0 saturated carbocycles. The Labute approximate surface area is 101 Å². The first-order valence-corrected chi connectivity index (χ1v) is 6.65. The fraction of sp³-hybridized carbons (Fsp3) is 0.500. The minimum Gasteiger partial charge on any atom is -0.399 e. The zero-order valence-electron chi connectivity index (χ0n) is 10.1. The van der Waals surface area contributed by atoms with Crippen LogP contribution in [0, 0.1) is 6.92 Å². The second-order valence-electron chi connectivity index (χ2n) is 4.36. The van der Waals surface area contributed by atoms with Crippen molar-refractivity contribution in [3.05, 3.63) is 23.8 Å². The summed E-state index contributed by atoms with van der Waals surface area (Å²) >= 11 is 1.64. The average Bonchev–Trinajstić information content (AvgIpc) is 2.16. The van der Waals surface area contributed by atoms with Gasteiger partial charge in [-0.2, -0.15) is 11.8 Å². The smallest absolute Gasteiger partial charge is 0.0880 e. The highest BCUT2D eigenvalue weighted by Gasteiger charge is 2.19. The van der Waals surface area contributed by atoms with Gasteiger partial charge >= 0.3 is 0 Å². The molecule has 0 aliphatic rings. The number of hydrogen-bond donors (Lipinski definition) is 3. The van der Waals surface area contributed by atoms with Crippen LogP contribution in [-0.4, -0.2) is 29.3 Å². The summed E-state index contributed by atoms with van der Waals surface area (Å²) in [6.45, 7) is 4.38. The lowest BCUT2D eigenvalue weighted by atomic mass is 10.1. The van der Waals surface area contributed by atoms with Gasteiger partial charge in [0.15, 0.2) is 0 Å². The molecule has 0 aliphatic heterocycles. The van der Waals surface area contributed by atoms with E-state index in [-0.39, 0.29) is 0 Å². The molecule has 0 heterocycles. The fourth-order valence-electron chi connectivity index (χ4n) is 1.53. The van der Waals surface area contributed by atoms with Crippen molar-refractivity contribution in [1.29, 1.82) is 0 Å². The third-order valence-corrected chi connectivity index (χ3v) is 3.28. The lowest BCUT2D eigenvalue weighted by molar-refractivity contribution is 0.0997. The Hall–Kier alpha value is -0.870. The van der Waals surface area contributed by atoms with Crippen LogP contribution in [0.25, 0.3) is 0 Å². The van der Waals surface area contributed by atoms with Crippen LogP contribution in [0.4, 0.5) is 11.4 Å². The van der Waals surface area contributed by atoms with Gasteiger partial charge in [-0.05, 0) is 43.9 Å². The number of nitrogen functional groups attached to an aromatic ring is 1. The van der Waals surface area contributed by atoms with E-state index in [1.54, 1.807) is 11.8 Å². The number of anilines is 2. The maximum Gasteiger partial charge on any atom is 0.0880 e. The predicted octanol–water partition coefficient (Wildman–Crippen LogP) is 2.10. The molecule has 0 saturated heterocycles. The topological polar surface area (TPSA) is 58.3 Å². The van der Waals surface area contributed by atoms with E-state index in [0.29, 0.717) is 12.3 Å².